The molecule has 4 nitrogen and oxygen atoms in total. The zero-order valence-corrected chi connectivity index (χ0v) is 12.2. The molecule has 0 atom stereocenters. The standard InChI is InChI=1S/C14H24N2O2/c1-8-12(18)16(14(5,6)7)15-11(17)9-10-13(2,3)4/h8-10H,1H2,2-7H3,(H,15,17). The fraction of sp³-hybridized carbons (Fsp3) is 0.571. The second-order valence-electron chi connectivity index (χ2n) is 6.22. The molecule has 0 aliphatic carbocycles. The predicted molar refractivity (Wildman–Crippen MR) is 73.5 cm³/mol. The molecule has 0 aromatic rings. The van der Waals surface area contributed by atoms with E-state index < -0.39 is 5.54 Å². The summed E-state index contributed by atoms with van der Waals surface area (Å²) < 4.78 is 0. The molecular weight excluding hydrogens is 228 g/mol. The van der Waals surface area contributed by atoms with Gasteiger partial charge in [0.2, 0.25) is 0 Å². The zero-order valence-electron chi connectivity index (χ0n) is 12.2. The van der Waals surface area contributed by atoms with E-state index in [0.717, 1.165) is 0 Å². The largest absolute Gasteiger partial charge is 0.268 e. The van der Waals surface area contributed by atoms with E-state index in [2.05, 4.69) is 12.0 Å². The third-order valence-electron chi connectivity index (χ3n) is 2.02. The number of rotatable bonds is 2. The first kappa shape index (κ1) is 16.4. The fourth-order valence-corrected chi connectivity index (χ4v) is 1.12. The molecule has 0 rings (SSSR count). The Labute approximate surface area is 110 Å². The van der Waals surface area contributed by atoms with E-state index in [1.807, 2.05) is 41.5 Å². The Balaban J connectivity index is 4.82. The van der Waals surface area contributed by atoms with Gasteiger partial charge in [-0.05, 0) is 32.3 Å². The molecule has 0 aliphatic heterocycles. The Bertz CT molecular complexity index is 357. The molecule has 0 heterocycles. The van der Waals surface area contributed by atoms with Gasteiger partial charge in [-0.3, -0.25) is 15.0 Å². The molecule has 18 heavy (non-hydrogen) atoms. The van der Waals surface area contributed by atoms with E-state index >= 15 is 0 Å². The first-order chi connectivity index (χ1) is 7.97. The van der Waals surface area contributed by atoms with Crippen molar-refractivity contribution in [3.05, 3.63) is 24.8 Å². The van der Waals surface area contributed by atoms with Crippen molar-refractivity contribution >= 4 is 11.8 Å². The third kappa shape index (κ3) is 6.23. The van der Waals surface area contributed by atoms with Gasteiger partial charge in [-0.15, -0.1) is 0 Å². The van der Waals surface area contributed by atoms with E-state index in [1.54, 1.807) is 6.08 Å². The number of allylic oxidation sites excluding steroid dienone is 1. The highest BCUT2D eigenvalue weighted by Crippen LogP contribution is 2.14. The topological polar surface area (TPSA) is 49.4 Å². The summed E-state index contributed by atoms with van der Waals surface area (Å²) in [5, 5.41) is 1.27. The van der Waals surface area contributed by atoms with Crippen LogP contribution in [0, 0.1) is 5.41 Å². The number of amides is 2. The minimum absolute atomic E-state index is 0.0770. The lowest BCUT2D eigenvalue weighted by Gasteiger charge is -2.34. The molecule has 0 unspecified atom stereocenters. The maximum absolute atomic E-state index is 11.7. The predicted octanol–water partition coefficient (Wildman–Crippen LogP) is 2.43. The maximum Gasteiger partial charge on any atom is 0.264 e. The summed E-state index contributed by atoms with van der Waals surface area (Å²) in [7, 11) is 0. The summed E-state index contributed by atoms with van der Waals surface area (Å²) in [6.07, 6.45) is 4.41. The Morgan fingerprint density at radius 2 is 1.61 bits per heavy atom. The van der Waals surface area contributed by atoms with Crippen LogP contribution in [0.15, 0.2) is 24.8 Å². The van der Waals surface area contributed by atoms with Gasteiger partial charge in [-0.25, -0.2) is 5.01 Å². The summed E-state index contributed by atoms with van der Waals surface area (Å²) in [6, 6.07) is 0. The second-order valence-corrected chi connectivity index (χ2v) is 6.22. The van der Waals surface area contributed by atoms with Crippen LogP contribution in [0.2, 0.25) is 0 Å². The summed E-state index contributed by atoms with van der Waals surface area (Å²) in [4.78, 5) is 23.4. The normalized spacial score (nSPS) is 12.3. The van der Waals surface area contributed by atoms with Crippen LogP contribution in [0.1, 0.15) is 41.5 Å². The summed E-state index contributed by atoms with van der Waals surface area (Å²) >= 11 is 0. The van der Waals surface area contributed by atoms with Crippen molar-refractivity contribution in [2.45, 2.75) is 47.1 Å². The van der Waals surface area contributed by atoms with Gasteiger partial charge < -0.3 is 0 Å². The minimum atomic E-state index is -0.503. The van der Waals surface area contributed by atoms with Crippen molar-refractivity contribution < 1.29 is 9.59 Å². The van der Waals surface area contributed by atoms with Crippen LogP contribution < -0.4 is 5.43 Å². The molecule has 0 saturated heterocycles. The van der Waals surface area contributed by atoms with Crippen molar-refractivity contribution in [2.24, 2.45) is 5.41 Å². The van der Waals surface area contributed by atoms with Gasteiger partial charge >= 0.3 is 0 Å². The second kappa shape index (κ2) is 5.85. The molecule has 0 bridgehead atoms. The number of hydrogen-bond acceptors (Lipinski definition) is 2. The molecular formula is C14H24N2O2. The van der Waals surface area contributed by atoms with Crippen molar-refractivity contribution in [3.8, 4) is 0 Å². The van der Waals surface area contributed by atoms with E-state index in [0.29, 0.717) is 0 Å². The monoisotopic (exact) mass is 252 g/mol. The molecule has 102 valence electrons. The van der Waals surface area contributed by atoms with Gasteiger partial charge in [0.05, 0.1) is 5.54 Å². The van der Waals surface area contributed by atoms with Crippen LogP contribution in [0.25, 0.3) is 0 Å². The lowest BCUT2D eigenvalue weighted by molar-refractivity contribution is -0.141. The van der Waals surface area contributed by atoms with Crippen LogP contribution in [0.4, 0.5) is 0 Å². The van der Waals surface area contributed by atoms with E-state index in [-0.39, 0.29) is 17.2 Å². The number of hydrazine groups is 1. The third-order valence-corrected chi connectivity index (χ3v) is 2.02. The maximum atomic E-state index is 11.7. The number of carbonyl (C=O) groups excluding carboxylic acids is 2. The average Bonchev–Trinajstić information content (AvgIpc) is 2.19. The summed E-state index contributed by atoms with van der Waals surface area (Å²) in [6.45, 7) is 14.9. The van der Waals surface area contributed by atoms with Gasteiger partial charge in [0, 0.05) is 6.08 Å². The Morgan fingerprint density at radius 3 is 1.94 bits per heavy atom. The van der Waals surface area contributed by atoms with E-state index in [9.17, 15) is 9.59 Å². The molecule has 0 aliphatic rings. The molecule has 0 radical (unpaired) electrons. The zero-order chi connectivity index (χ0) is 14.6. The van der Waals surface area contributed by atoms with Gasteiger partial charge in [0.1, 0.15) is 0 Å². The Hall–Kier alpha value is -1.58. The lowest BCUT2D eigenvalue weighted by atomic mass is 9.96. The molecule has 1 N–H and O–H groups in total. The smallest absolute Gasteiger partial charge is 0.264 e. The number of nitrogens with one attached hydrogen (secondary N) is 1. The van der Waals surface area contributed by atoms with E-state index in [1.165, 1.54) is 17.2 Å². The van der Waals surface area contributed by atoms with Crippen molar-refractivity contribution in [3.63, 3.8) is 0 Å². The molecule has 0 spiro atoms. The molecule has 0 aromatic heterocycles. The lowest BCUT2D eigenvalue weighted by Crippen LogP contribution is -2.55. The van der Waals surface area contributed by atoms with Crippen molar-refractivity contribution in [1.82, 2.24) is 10.4 Å². The van der Waals surface area contributed by atoms with Crippen LogP contribution in [-0.2, 0) is 9.59 Å². The highest BCUT2D eigenvalue weighted by atomic mass is 16.2. The average molecular weight is 252 g/mol. The molecule has 0 fully saturated rings. The highest BCUT2D eigenvalue weighted by Gasteiger charge is 2.26. The molecule has 2 amide bonds. The van der Waals surface area contributed by atoms with E-state index in [4.69, 9.17) is 0 Å². The number of hydrogen-bond donors (Lipinski definition) is 1. The first-order valence-corrected chi connectivity index (χ1v) is 5.94. The molecule has 4 heteroatoms. The number of carbonyl (C=O) groups is 2. The van der Waals surface area contributed by atoms with Crippen LogP contribution >= 0.6 is 0 Å². The fourth-order valence-electron chi connectivity index (χ4n) is 1.12. The van der Waals surface area contributed by atoms with Gasteiger partial charge in [0.25, 0.3) is 11.8 Å². The summed E-state index contributed by atoms with van der Waals surface area (Å²) in [5.41, 5.74) is 1.99. The number of nitrogens with zero attached hydrogens (tertiary/aromatic N) is 1. The SMILES string of the molecule is C=CC(=O)N(NC(=O)C=CC(C)(C)C)C(C)(C)C. The highest BCUT2D eigenvalue weighted by molar-refractivity contribution is 5.93. The van der Waals surface area contributed by atoms with Crippen LogP contribution in [-0.4, -0.2) is 22.4 Å². The first-order valence-electron chi connectivity index (χ1n) is 5.94. The van der Waals surface area contributed by atoms with Gasteiger partial charge in [0.15, 0.2) is 0 Å². The van der Waals surface area contributed by atoms with Crippen LogP contribution in [0.3, 0.4) is 0 Å². The Morgan fingerprint density at radius 1 is 1.11 bits per heavy atom. The molecule has 0 aromatic carbocycles. The van der Waals surface area contributed by atoms with Gasteiger partial charge in [-0.1, -0.05) is 33.4 Å². The minimum Gasteiger partial charge on any atom is -0.268 e. The molecule has 0 saturated carbocycles. The van der Waals surface area contributed by atoms with Gasteiger partial charge in [-0.2, -0.15) is 0 Å². The van der Waals surface area contributed by atoms with Crippen molar-refractivity contribution in [2.75, 3.05) is 0 Å². The summed E-state index contributed by atoms with van der Waals surface area (Å²) in [5.74, 6) is -0.657. The quantitative estimate of drug-likeness (QED) is 0.606. The van der Waals surface area contributed by atoms with Crippen molar-refractivity contribution in [1.29, 1.82) is 0 Å². The van der Waals surface area contributed by atoms with Crippen LogP contribution in [0.5, 0.6) is 0 Å². The Kier molecular flexibility index (Phi) is 5.33.